The minimum Gasteiger partial charge on any atom is -0.250 e. The van der Waals surface area contributed by atoms with E-state index in [1.54, 1.807) is 24.8 Å². The third-order valence-corrected chi connectivity index (χ3v) is 7.94. The summed E-state index contributed by atoms with van der Waals surface area (Å²) < 4.78 is 7.61. The zero-order chi connectivity index (χ0) is 26.4. The fourth-order valence-electron chi connectivity index (χ4n) is 6.25. The highest BCUT2D eigenvalue weighted by atomic mass is 15.7. The minimum atomic E-state index is 0.588. The standard InChI is InChI=1S/C28H13N13/c1-5-13-17(29-9-1)25-35-23-16-8-4-12-32-20(16)28-34-22-14-6-2-10-30-18(14)26-36-24-15-7-3-11-31-19(15)27(40(24)41(23)28)33-21(13)38(25)37-39(22)26/h1-12,37H/q+2. The fourth-order valence-corrected chi connectivity index (χ4v) is 6.25. The van der Waals surface area contributed by atoms with E-state index in [0.717, 1.165) is 21.9 Å². The van der Waals surface area contributed by atoms with Crippen molar-refractivity contribution in [1.29, 1.82) is 0 Å². The van der Waals surface area contributed by atoms with Gasteiger partial charge < -0.3 is 0 Å². The van der Waals surface area contributed by atoms with Gasteiger partial charge in [-0.3, -0.25) is 9.97 Å². The van der Waals surface area contributed by atoms with Gasteiger partial charge in [0, 0.05) is 24.8 Å². The molecule has 0 aromatic carbocycles. The van der Waals surface area contributed by atoms with Crippen LogP contribution in [0.15, 0.2) is 73.3 Å². The van der Waals surface area contributed by atoms with Gasteiger partial charge >= 0.3 is 23.3 Å². The summed E-state index contributed by atoms with van der Waals surface area (Å²) >= 11 is 0. The lowest BCUT2D eigenvalue weighted by Crippen LogP contribution is -2.55. The monoisotopic (exact) mass is 531 g/mol. The second-order valence-corrected chi connectivity index (χ2v) is 10.0. The highest BCUT2D eigenvalue weighted by molar-refractivity contribution is 6.05. The van der Waals surface area contributed by atoms with E-state index < -0.39 is 0 Å². The Morgan fingerprint density at radius 1 is 0.488 bits per heavy atom. The Balaban J connectivity index is 1.61. The third-order valence-electron chi connectivity index (χ3n) is 7.94. The Morgan fingerprint density at radius 2 is 0.927 bits per heavy atom. The van der Waals surface area contributed by atoms with Gasteiger partial charge in [0.25, 0.3) is 11.3 Å². The topological polar surface area (TPSA) is 133 Å². The second-order valence-electron chi connectivity index (χ2n) is 10.0. The van der Waals surface area contributed by atoms with Crippen molar-refractivity contribution in [2.24, 2.45) is 0 Å². The van der Waals surface area contributed by atoms with Crippen LogP contribution in [0.25, 0.3) is 90.2 Å². The van der Waals surface area contributed by atoms with Crippen LogP contribution < -0.4 is 14.6 Å². The number of hydrogen-bond donors (Lipinski definition) is 1. The Kier molecular flexibility index (Phi) is 3.13. The first-order valence-electron chi connectivity index (χ1n) is 13.0. The van der Waals surface area contributed by atoms with Crippen LogP contribution in [-0.2, 0) is 0 Å². The summed E-state index contributed by atoms with van der Waals surface area (Å²) in [4.78, 5) is 40.3. The van der Waals surface area contributed by atoms with Gasteiger partial charge in [-0.1, -0.05) is 29.0 Å². The zero-order valence-electron chi connectivity index (χ0n) is 20.8. The minimum absolute atomic E-state index is 0.588. The van der Waals surface area contributed by atoms with E-state index in [-0.39, 0.29) is 0 Å². The molecule has 0 unspecified atom stereocenters. The van der Waals surface area contributed by atoms with Crippen molar-refractivity contribution in [1.82, 2.24) is 49.2 Å². The molecule has 8 aromatic rings. The number of rotatable bonds is 0. The molecule has 1 N–H and O–H groups in total. The molecular weight excluding hydrogens is 518 g/mol. The second kappa shape index (κ2) is 6.48. The molecule has 13 heteroatoms. The maximum atomic E-state index is 5.29. The summed E-state index contributed by atoms with van der Waals surface area (Å²) in [5.74, 6) is 2.44. The normalized spacial score (nSPS) is 13.1. The van der Waals surface area contributed by atoms with Gasteiger partial charge in [-0.25, -0.2) is 15.5 Å². The lowest BCUT2D eigenvalue weighted by Gasteiger charge is -2.07. The lowest BCUT2D eigenvalue weighted by atomic mass is 10.2. The van der Waals surface area contributed by atoms with Crippen molar-refractivity contribution in [3.8, 4) is 45.8 Å². The largest absolute Gasteiger partial charge is 0.326 e. The van der Waals surface area contributed by atoms with Crippen molar-refractivity contribution in [2.45, 2.75) is 0 Å². The highest BCUT2D eigenvalue weighted by Crippen LogP contribution is 2.36. The van der Waals surface area contributed by atoms with E-state index in [1.165, 1.54) is 0 Å². The number of fused-ring (bicyclic) bond motifs is 4. The van der Waals surface area contributed by atoms with E-state index in [1.807, 2.05) is 66.9 Å². The predicted molar refractivity (Wildman–Crippen MR) is 145 cm³/mol. The first-order chi connectivity index (χ1) is 20.3. The van der Waals surface area contributed by atoms with Crippen molar-refractivity contribution in [3.63, 3.8) is 0 Å². The van der Waals surface area contributed by atoms with Crippen LogP contribution in [0.4, 0.5) is 0 Å². The molecule has 4 aliphatic heterocycles. The molecule has 8 aromatic heterocycles. The number of nitrogens with one attached hydrogen (secondary N) is 1. The average Bonchev–Trinajstić information content (AvgIpc) is 3.69. The number of aromatic nitrogens is 12. The molecule has 0 saturated heterocycles. The van der Waals surface area contributed by atoms with Gasteiger partial charge in [0.1, 0.15) is 11.0 Å². The van der Waals surface area contributed by atoms with Crippen LogP contribution in [0.5, 0.6) is 0 Å². The summed E-state index contributed by atoms with van der Waals surface area (Å²) in [5.41, 5.74) is 10.4. The van der Waals surface area contributed by atoms with Crippen LogP contribution in [0.1, 0.15) is 0 Å². The summed E-state index contributed by atoms with van der Waals surface area (Å²) in [6.45, 7) is 0. The Bertz CT molecular complexity index is 2280. The van der Waals surface area contributed by atoms with Gasteiger partial charge in [0.15, 0.2) is 11.4 Å². The summed E-state index contributed by atoms with van der Waals surface area (Å²) in [7, 11) is 0. The molecule has 0 fully saturated rings. The molecule has 0 spiro atoms. The highest BCUT2D eigenvalue weighted by Gasteiger charge is 2.42. The molecule has 41 heavy (non-hydrogen) atoms. The molecule has 0 amide bonds. The Morgan fingerprint density at radius 3 is 1.44 bits per heavy atom. The van der Waals surface area contributed by atoms with Crippen molar-refractivity contribution in [2.75, 3.05) is 5.53 Å². The number of hydrogen-bond acceptors (Lipinski definition) is 9. The maximum absolute atomic E-state index is 5.29. The van der Waals surface area contributed by atoms with E-state index in [0.29, 0.717) is 68.3 Å². The van der Waals surface area contributed by atoms with Crippen molar-refractivity contribution < 1.29 is 9.03 Å². The average molecular weight is 532 g/mol. The number of pyridine rings is 4. The molecule has 13 nitrogen and oxygen atoms in total. The van der Waals surface area contributed by atoms with E-state index >= 15 is 0 Å². The SMILES string of the molecule is c1cnc2c(c1)-c1nc3c4ncccc4c4nc5[n+]6c(nc7c8ncccc8c(nc-2[n+]16)n7Nn43)-c1cccnc1-5. The van der Waals surface area contributed by atoms with Gasteiger partial charge in [-0.05, 0) is 48.5 Å². The molecule has 12 rings (SSSR count). The molecule has 0 radical (unpaired) electrons. The van der Waals surface area contributed by atoms with E-state index in [2.05, 4.69) is 5.53 Å². The van der Waals surface area contributed by atoms with Gasteiger partial charge in [-0.2, -0.15) is 9.35 Å². The lowest BCUT2D eigenvalue weighted by molar-refractivity contribution is -1.10. The van der Waals surface area contributed by atoms with E-state index in [4.69, 9.17) is 39.9 Å². The molecule has 0 atom stereocenters. The van der Waals surface area contributed by atoms with Crippen LogP contribution in [0, 0.1) is 0 Å². The maximum Gasteiger partial charge on any atom is 0.326 e. The zero-order valence-corrected chi connectivity index (χ0v) is 20.8. The Hall–Kier alpha value is -6.24. The molecule has 188 valence electrons. The first kappa shape index (κ1) is 19.8. The van der Waals surface area contributed by atoms with Gasteiger partial charge in [0.2, 0.25) is 11.3 Å². The van der Waals surface area contributed by atoms with Crippen molar-refractivity contribution >= 4 is 44.4 Å². The predicted octanol–water partition coefficient (Wildman–Crippen LogP) is 2.13. The third kappa shape index (κ3) is 2.15. The van der Waals surface area contributed by atoms with Crippen LogP contribution in [0.2, 0.25) is 0 Å². The van der Waals surface area contributed by atoms with Crippen LogP contribution in [0.3, 0.4) is 0 Å². The number of nitrogens with zero attached hydrogens (tertiary/aromatic N) is 12. The van der Waals surface area contributed by atoms with Gasteiger partial charge in [0.05, 0.1) is 21.9 Å². The molecule has 12 heterocycles. The van der Waals surface area contributed by atoms with Gasteiger partial charge in [-0.15, -0.1) is 0 Å². The van der Waals surface area contributed by atoms with Crippen LogP contribution >= 0.6 is 0 Å². The van der Waals surface area contributed by atoms with Crippen LogP contribution in [-0.4, -0.2) is 49.2 Å². The summed E-state index contributed by atoms with van der Waals surface area (Å²) in [6, 6.07) is 15.6. The summed E-state index contributed by atoms with van der Waals surface area (Å²) in [5, 5.41) is 1.68. The van der Waals surface area contributed by atoms with E-state index in [9.17, 15) is 0 Å². The smallest absolute Gasteiger partial charge is 0.250 e. The molecule has 0 aliphatic carbocycles. The first-order valence-corrected chi connectivity index (χ1v) is 13.0. The Labute approximate surface area is 227 Å². The fraction of sp³-hybridized carbons (Fsp3) is 0. The molecule has 0 saturated carbocycles. The molecule has 4 aliphatic rings. The molecular formula is C28H13N13+2. The van der Waals surface area contributed by atoms with Crippen molar-refractivity contribution in [3.05, 3.63) is 73.3 Å². The quantitative estimate of drug-likeness (QED) is 0.292. The summed E-state index contributed by atoms with van der Waals surface area (Å²) in [6.07, 6.45) is 7.07. The molecule has 12 bridgehead atoms.